The number of ether oxygens (including phenoxy) is 1. The Balaban J connectivity index is 1.87. The molecule has 1 aliphatic heterocycles. The quantitative estimate of drug-likeness (QED) is 0.535. The Hall–Kier alpha value is -2.70. The Morgan fingerprint density at radius 1 is 1.17 bits per heavy atom. The van der Waals surface area contributed by atoms with Crippen LogP contribution in [0.25, 0.3) is 0 Å². The van der Waals surface area contributed by atoms with Gasteiger partial charge < -0.3 is 20.3 Å². The zero-order valence-corrected chi connectivity index (χ0v) is 17.8. The monoisotopic (exact) mass is 449 g/mol. The van der Waals surface area contributed by atoms with E-state index in [2.05, 4.69) is 5.32 Å². The highest BCUT2D eigenvalue weighted by Gasteiger charge is 2.37. The van der Waals surface area contributed by atoms with Crippen LogP contribution >= 0.6 is 23.2 Å². The fraction of sp³-hybridized carbons (Fsp3) is 0.273. The van der Waals surface area contributed by atoms with Crippen LogP contribution in [0, 0.1) is 5.41 Å². The van der Waals surface area contributed by atoms with Crippen molar-refractivity contribution in [3.8, 4) is 5.75 Å². The Labute approximate surface area is 184 Å². The first-order valence-electron chi connectivity index (χ1n) is 9.30. The van der Waals surface area contributed by atoms with E-state index in [0.717, 1.165) is 17.2 Å². The van der Waals surface area contributed by atoms with E-state index >= 15 is 0 Å². The predicted octanol–water partition coefficient (Wildman–Crippen LogP) is 5.03. The van der Waals surface area contributed by atoms with Gasteiger partial charge in [-0.25, -0.2) is 9.59 Å². The molecule has 158 valence electrons. The first-order valence-corrected chi connectivity index (χ1v) is 10.1. The van der Waals surface area contributed by atoms with Crippen LogP contribution in [0.5, 0.6) is 5.75 Å². The van der Waals surface area contributed by atoms with E-state index in [4.69, 9.17) is 33.0 Å². The van der Waals surface area contributed by atoms with Crippen LogP contribution in [0.4, 0.5) is 5.69 Å². The van der Waals surface area contributed by atoms with Gasteiger partial charge in [0.1, 0.15) is 12.4 Å². The van der Waals surface area contributed by atoms with E-state index in [1.807, 2.05) is 12.1 Å². The summed E-state index contributed by atoms with van der Waals surface area (Å²) in [6.45, 7) is 2.28. The first kappa shape index (κ1) is 22.0. The number of anilines is 1. The van der Waals surface area contributed by atoms with Crippen molar-refractivity contribution in [2.75, 3.05) is 11.9 Å². The van der Waals surface area contributed by atoms with Gasteiger partial charge in [0.25, 0.3) is 0 Å². The maximum atomic E-state index is 11.7. The van der Waals surface area contributed by atoms with Crippen molar-refractivity contribution in [2.45, 2.75) is 26.4 Å². The van der Waals surface area contributed by atoms with Crippen LogP contribution in [0.2, 0.25) is 10.0 Å². The summed E-state index contributed by atoms with van der Waals surface area (Å²) in [6, 6.07) is 10.8. The highest BCUT2D eigenvalue weighted by molar-refractivity contribution is 6.32. The van der Waals surface area contributed by atoms with Crippen molar-refractivity contribution >= 4 is 40.8 Å². The number of carbonyl (C=O) groups is 2. The molecule has 0 saturated carbocycles. The average molecular weight is 450 g/mol. The second kappa shape index (κ2) is 8.98. The highest BCUT2D eigenvalue weighted by atomic mass is 35.5. The van der Waals surface area contributed by atoms with E-state index in [1.165, 1.54) is 0 Å². The van der Waals surface area contributed by atoms with Crippen LogP contribution in [0.3, 0.4) is 0 Å². The lowest BCUT2D eigenvalue weighted by Gasteiger charge is -2.28. The third-order valence-corrected chi connectivity index (χ3v) is 5.86. The molecule has 2 aromatic rings. The smallest absolute Gasteiger partial charge is 0.332 e. The number of fused-ring (bicyclic) bond motifs is 1. The fourth-order valence-corrected chi connectivity index (χ4v) is 3.90. The number of carboxylic acids is 2. The maximum absolute atomic E-state index is 11.7. The van der Waals surface area contributed by atoms with Gasteiger partial charge in [0.2, 0.25) is 0 Å². The number of rotatable bonds is 6. The van der Waals surface area contributed by atoms with E-state index in [-0.39, 0.29) is 12.1 Å². The van der Waals surface area contributed by atoms with E-state index in [0.29, 0.717) is 40.9 Å². The Morgan fingerprint density at radius 3 is 2.50 bits per heavy atom. The summed E-state index contributed by atoms with van der Waals surface area (Å²) >= 11 is 12.3. The van der Waals surface area contributed by atoms with Crippen molar-refractivity contribution in [1.82, 2.24) is 0 Å². The topological polar surface area (TPSA) is 95.9 Å². The Morgan fingerprint density at radius 2 is 1.87 bits per heavy atom. The molecule has 0 amide bonds. The zero-order valence-electron chi connectivity index (χ0n) is 16.2. The summed E-state index contributed by atoms with van der Waals surface area (Å²) in [5.74, 6) is -1.95. The van der Waals surface area contributed by atoms with E-state index in [1.54, 1.807) is 31.2 Å². The van der Waals surface area contributed by atoms with Crippen molar-refractivity contribution in [1.29, 1.82) is 0 Å². The van der Waals surface area contributed by atoms with Crippen LogP contribution < -0.4 is 10.1 Å². The number of halogens is 2. The fourth-order valence-electron chi connectivity index (χ4n) is 3.52. The predicted molar refractivity (Wildman–Crippen MR) is 116 cm³/mol. The molecule has 0 radical (unpaired) electrons. The molecule has 1 heterocycles. The summed E-state index contributed by atoms with van der Waals surface area (Å²) in [4.78, 5) is 22.9. The molecule has 8 heteroatoms. The summed E-state index contributed by atoms with van der Waals surface area (Å²) < 4.78 is 5.99. The van der Waals surface area contributed by atoms with E-state index < -0.39 is 17.4 Å². The molecule has 1 aliphatic rings. The molecule has 0 aromatic heterocycles. The average Bonchev–Trinajstić information content (AvgIpc) is 2.87. The van der Waals surface area contributed by atoms with Crippen molar-refractivity contribution < 1.29 is 24.5 Å². The number of aliphatic carboxylic acids is 2. The minimum absolute atomic E-state index is 0.157. The minimum atomic E-state index is -1.29. The first-order chi connectivity index (χ1) is 14.2. The molecular weight excluding hydrogens is 429 g/mol. The lowest BCUT2D eigenvalue weighted by Crippen LogP contribution is -2.32. The Bertz CT molecular complexity index is 1000. The van der Waals surface area contributed by atoms with Crippen LogP contribution in [-0.4, -0.2) is 28.7 Å². The summed E-state index contributed by atoms with van der Waals surface area (Å²) in [5, 5.41) is 23.1. The number of hydrogen-bond donors (Lipinski definition) is 3. The maximum Gasteiger partial charge on any atom is 0.332 e. The third kappa shape index (κ3) is 4.89. The van der Waals surface area contributed by atoms with Gasteiger partial charge >= 0.3 is 11.9 Å². The lowest BCUT2D eigenvalue weighted by atomic mass is 9.77. The van der Waals surface area contributed by atoms with Gasteiger partial charge in [0.15, 0.2) is 0 Å². The summed E-state index contributed by atoms with van der Waals surface area (Å²) in [6.07, 6.45) is 1.65. The molecule has 1 unspecified atom stereocenters. The van der Waals surface area contributed by atoms with E-state index in [9.17, 15) is 14.7 Å². The van der Waals surface area contributed by atoms with Gasteiger partial charge in [-0.05, 0) is 48.2 Å². The van der Waals surface area contributed by atoms with Gasteiger partial charge in [-0.2, -0.15) is 0 Å². The molecule has 3 N–H and O–H groups in total. The minimum Gasteiger partial charge on any atom is -0.487 e. The molecule has 0 aliphatic carbocycles. The van der Waals surface area contributed by atoms with Crippen LogP contribution in [-0.2, 0) is 22.6 Å². The Kier molecular flexibility index (Phi) is 6.58. The summed E-state index contributed by atoms with van der Waals surface area (Å²) in [5.41, 5.74) is 1.39. The lowest BCUT2D eigenvalue weighted by molar-refractivity contribution is -0.136. The SMILES string of the molecule is CC1(C(=CC(=O)O)C(=O)O)CCc2c(Cl)ccc(OCc3ccc(Cl)cc3)c2NC1. The van der Waals surface area contributed by atoms with Crippen molar-refractivity contribution in [3.63, 3.8) is 0 Å². The second-order valence-corrected chi connectivity index (χ2v) is 8.27. The van der Waals surface area contributed by atoms with Crippen LogP contribution in [0.1, 0.15) is 24.5 Å². The molecule has 2 aromatic carbocycles. The molecule has 0 spiro atoms. The third-order valence-electron chi connectivity index (χ3n) is 5.26. The number of benzene rings is 2. The molecule has 0 fully saturated rings. The molecule has 0 saturated heterocycles. The highest BCUT2D eigenvalue weighted by Crippen LogP contribution is 2.43. The molecule has 0 bridgehead atoms. The standard InChI is InChI=1S/C22H21Cl2NO5/c1-22(16(21(28)29)10-19(26)27)9-8-15-17(24)6-7-18(20(15)25-12-22)30-11-13-2-4-14(23)5-3-13/h2-7,10,25H,8-9,11-12H2,1H3,(H,26,27)(H,28,29). The molecule has 3 rings (SSSR count). The van der Waals surface area contributed by atoms with Crippen LogP contribution in [0.15, 0.2) is 48.0 Å². The largest absolute Gasteiger partial charge is 0.487 e. The van der Waals surface area contributed by atoms with Crippen molar-refractivity contribution in [2.24, 2.45) is 5.41 Å². The zero-order chi connectivity index (χ0) is 21.9. The summed E-state index contributed by atoms with van der Waals surface area (Å²) in [7, 11) is 0. The number of carboxylic acid groups (broad SMARTS) is 2. The molecular formula is C22H21Cl2NO5. The number of hydrogen-bond acceptors (Lipinski definition) is 4. The molecule has 1 atom stereocenters. The van der Waals surface area contributed by atoms with Gasteiger partial charge in [-0.15, -0.1) is 0 Å². The van der Waals surface area contributed by atoms with Gasteiger partial charge in [0.05, 0.1) is 11.3 Å². The van der Waals surface area contributed by atoms with Gasteiger partial charge in [-0.3, -0.25) is 0 Å². The second-order valence-electron chi connectivity index (χ2n) is 7.43. The van der Waals surface area contributed by atoms with Crippen molar-refractivity contribution in [3.05, 3.63) is 69.2 Å². The molecule has 6 nitrogen and oxygen atoms in total. The van der Waals surface area contributed by atoms with Gasteiger partial charge in [0, 0.05) is 28.1 Å². The normalized spacial score (nSPS) is 18.7. The van der Waals surface area contributed by atoms with Gasteiger partial charge in [-0.1, -0.05) is 42.3 Å². The number of nitrogens with one attached hydrogen (secondary N) is 1. The molecule has 30 heavy (non-hydrogen) atoms.